The first-order valence-corrected chi connectivity index (χ1v) is 7.00. The number of halogens is 1. The van der Waals surface area contributed by atoms with E-state index >= 15 is 0 Å². The number of nitrogens with one attached hydrogen (secondary N) is 1. The predicted molar refractivity (Wildman–Crippen MR) is 76.7 cm³/mol. The molecule has 0 amide bonds. The van der Waals surface area contributed by atoms with Crippen molar-refractivity contribution in [1.29, 1.82) is 0 Å². The molecule has 2 rings (SSSR count). The van der Waals surface area contributed by atoms with Gasteiger partial charge in [0.05, 0.1) is 0 Å². The fourth-order valence-electron chi connectivity index (χ4n) is 1.32. The molecule has 1 N–H and O–H groups in total. The molecule has 0 saturated carbocycles. The molecule has 0 spiro atoms. The molecule has 2 nitrogen and oxygen atoms in total. The molecule has 0 aliphatic carbocycles. The summed E-state index contributed by atoms with van der Waals surface area (Å²) < 4.78 is 1.24. The zero-order valence-electron chi connectivity index (χ0n) is 8.53. The van der Waals surface area contributed by atoms with Crippen LogP contribution in [0.5, 0.6) is 0 Å². The Morgan fingerprint density at radius 3 is 3.07 bits per heavy atom. The lowest BCUT2D eigenvalue weighted by molar-refractivity contribution is 0.674. The summed E-state index contributed by atoms with van der Waals surface area (Å²) in [7, 11) is 0. The van der Waals surface area contributed by atoms with Gasteiger partial charge in [0.1, 0.15) is 0 Å². The maximum absolute atomic E-state index is 4.50. The first-order valence-electron chi connectivity index (χ1n) is 4.94. The zero-order valence-corrected chi connectivity index (χ0v) is 11.5. The summed E-state index contributed by atoms with van der Waals surface area (Å²) in [6.45, 7) is 3.18. The molecule has 15 heavy (non-hydrogen) atoms. The van der Waals surface area contributed by atoms with Gasteiger partial charge in [0.25, 0.3) is 0 Å². The number of thioether (sulfide) groups is 1. The van der Waals surface area contributed by atoms with Gasteiger partial charge in [0, 0.05) is 21.6 Å². The van der Waals surface area contributed by atoms with E-state index < -0.39 is 0 Å². The molecule has 0 fully saturated rings. The van der Waals surface area contributed by atoms with Crippen molar-refractivity contribution in [3.63, 3.8) is 0 Å². The second-order valence-electron chi connectivity index (χ2n) is 3.70. The van der Waals surface area contributed by atoms with Gasteiger partial charge >= 0.3 is 0 Å². The smallest absolute Gasteiger partial charge is 0.161 e. The lowest BCUT2D eigenvalue weighted by atomic mass is 10.2. The van der Waals surface area contributed by atoms with Crippen LogP contribution in [0.2, 0.25) is 0 Å². The van der Waals surface area contributed by atoms with Crippen molar-refractivity contribution >= 4 is 45.2 Å². The largest absolute Gasteiger partial charge is 0.335 e. The number of benzene rings is 1. The summed E-state index contributed by atoms with van der Waals surface area (Å²) in [4.78, 5) is 4.50. The van der Waals surface area contributed by atoms with Crippen molar-refractivity contribution in [1.82, 2.24) is 0 Å². The van der Waals surface area contributed by atoms with E-state index in [1.54, 1.807) is 0 Å². The molecule has 1 aliphatic heterocycles. The van der Waals surface area contributed by atoms with E-state index in [0.29, 0.717) is 5.92 Å². The first-order chi connectivity index (χ1) is 7.24. The van der Waals surface area contributed by atoms with Crippen molar-refractivity contribution in [2.75, 3.05) is 17.6 Å². The lowest BCUT2D eigenvalue weighted by Gasteiger charge is -2.17. The fourth-order valence-corrected chi connectivity index (χ4v) is 2.77. The number of hydrogen-bond donors (Lipinski definition) is 1. The van der Waals surface area contributed by atoms with Crippen LogP contribution in [-0.4, -0.2) is 17.5 Å². The maximum atomic E-state index is 4.50. The van der Waals surface area contributed by atoms with Crippen LogP contribution in [0.25, 0.3) is 0 Å². The summed E-state index contributed by atoms with van der Waals surface area (Å²) in [5, 5.41) is 4.40. The molecule has 80 valence electrons. The van der Waals surface area contributed by atoms with Gasteiger partial charge in [-0.3, -0.25) is 4.99 Å². The molecule has 1 unspecified atom stereocenters. The fraction of sp³-hybridized carbons (Fsp3) is 0.364. The average Bonchev–Trinajstić information content (AvgIpc) is 2.22. The highest BCUT2D eigenvalue weighted by Gasteiger charge is 2.11. The van der Waals surface area contributed by atoms with E-state index in [9.17, 15) is 0 Å². The van der Waals surface area contributed by atoms with E-state index in [4.69, 9.17) is 0 Å². The molecule has 1 aromatic carbocycles. The lowest BCUT2D eigenvalue weighted by Crippen LogP contribution is -2.18. The van der Waals surface area contributed by atoms with E-state index in [-0.39, 0.29) is 0 Å². The monoisotopic (exact) mass is 332 g/mol. The van der Waals surface area contributed by atoms with Crippen LogP contribution in [0.15, 0.2) is 29.3 Å². The van der Waals surface area contributed by atoms with Gasteiger partial charge in [-0.1, -0.05) is 24.8 Å². The Kier molecular flexibility index (Phi) is 3.91. The van der Waals surface area contributed by atoms with Crippen LogP contribution in [0.1, 0.15) is 6.92 Å². The van der Waals surface area contributed by atoms with Gasteiger partial charge < -0.3 is 5.32 Å². The Morgan fingerprint density at radius 2 is 2.40 bits per heavy atom. The van der Waals surface area contributed by atoms with Gasteiger partial charge in [-0.25, -0.2) is 0 Å². The Labute approximate surface area is 108 Å². The molecule has 0 aromatic heterocycles. The highest BCUT2D eigenvalue weighted by atomic mass is 127. The van der Waals surface area contributed by atoms with Crippen LogP contribution >= 0.6 is 34.4 Å². The van der Waals surface area contributed by atoms with Crippen molar-refractivity contribution in [2.45, 2.75) is 6.92 Å². The van der Waals surface area contributed by atoms with Crippen LogP contribution in [0.4, 0.5) is 5.69 Å². The molecule has 1 aromatic rings. The van der Waals surface area contributed by atoms with Crippen LogP contribution in [-0.2, 0) is 0 Å². The van der Waals surface area contributed by atoms with Crippen LogP contribution in [0, 0.1) is 9.49 Å². The van der Waals surface area contributed by atoms with E-state index in [0.717, 1.165) is 23.2 Å². The first kappa shape index (κ1) is 11.3. The normalized spacial score (nSPS) is 20.9. The molecule has 0 radical (unpaired) electrons. The second-order valence-corrected chi connectivity index (χ2v) is 5.95. The van der Waals surface area contributed by atoms with Crippen molar-refractivity contribution in [3.8, 4) is 0 Å². The number of rotatable bonds is 1. The quantitative estimate of drug-likeness (QED) is 0.797. The third kappa shape index (κ3) is 3.38. The molecular formula is C11H13IN2S. The summed E-state index contributed by atoms with van der Waals surface area (Å²) in [5.74, 6) is 1.87. The minimum Gasteiger partial charge on any atom is -0.335 e. The summed E-state index contributed by atoms with van der Waals surface area (Å²) in [6.07, 6.45) is 0. The molecule has 1 aliphatic rings. The number of hydrogen-bond acceptors (Lipinski definition) is 3. The highest BCUT2D eigenvalue weighted by molar-refractivity contribution is 14.1. The Morgan fingerprint density at radius 1 is 1.53 bits per heavy atom. The number of nitrogens with zero attached hydrogens (tertiary/aromatic N) is 1. The van der Waals surface area contributed by atoms with Crippen molar-refractivity contribution < 1.29 is 0 Å². The van der Waals surface area contributed by atoms with Crippen LogP contribution in [0.3, 0.4) is 0 Å². The predicted octanol–water partition coefficient (Wildman–Crippen LogP) is 3.44. The SMILES string of the molecule is CC1CN=C(Nc2cccc(I)c2)SC1. The molecule has 1 atom stereocenters. The molecule has 0 bridgehead atoms. The van der Waals surface area contributed by atoms with Gasteiger partial charge in [0.2, 0.25) is 0 Å². The Hall–Kier alpha value is -0.230. The van der Waals surface area contributed by atoms with Crippen LogP contribution < -0.4 is 5.32 Å². The minimum atomic E-state index is 0.705. The van der Waals surface area contributed by atoms with Gasteiger partial charge in [-0.2, -0.15) is 0 Å². The maximum Gasteiger partial charge on any atom is 0.161 e. The highest BCUT2D eigenvalue weighted by Crippen LogP contribution is 2.20. The van der Waals surface area contributed by atoms with Crippen molar-refractivity contribution in [2.24, 2.45) is 10.9 Å². The molecule has 0 saturated heterocycles. The minimum absolute atomic E-state index is 0.705. The number of anilines is 1. The Bertz CT molecular complexity index is 379. The summed E-state index contributed by atoms with van der Waals surface area (Å²) in [5.41, 5.74) is 1.13. The summed E-state index contributed by atoms with van der Waals surface area (Å²) >= 11 is 4.12. The van der Waals surface area contributed by atoms with Gasteiger partial charge in [-0.15, -0.1) is 0 Å². The summed E-state index contributed by atoms with van der Waals surface area (Å²) in [6, 6.07) is 8.34. The standard InChI is InChI=1S/C11H13IN2S/c1-8-6-13-11(15-7-8)14-10-4-2-3-9(12)5-10/h2-5,8H,6-7H2,1H3,(H,13,14). The van der Waals surface area contributed by atoms with Gasteiger partial charge in [0.15, 0.2) is 5.17 Å². The van der Waals surface area contributed by atoms with Gasteiger partial charge in [-0.05, 0) is 46.7 Å². The Balaban J connectivity index is 2.03. The number of aliphatic imine (C=N–C) groups is 1. The van der Waals surface area contributed by atoms with E-state index in [1.165, 1.54) is 3.57 Å². The molecular weight excluding hydrogens is 319 g/mol. The third-order valence-electron chi connectivity index (χ3n) is 2.13. The molecule has 4 heteroatoms. The second kappa shape index (κ2) is 5.21. The third-order valence-corrected chi connectivity index (χ3v) is 4.04. The van der Waals surface area contributed by atoms with E-state index in [1.807, 2.05) is 11.8 Å². The van der Waals surface area contributed by atoms with E-state index in [2.05, 4.69) is 64.1 Å². The topological polar surface area (TPSA) is 24.4 Å². The average molecular weight is 332 g/mol. The molecule has 1 heterocycles. The van der Waals surface area contributed by atoms with Crippen molar-refractivity contribution in [3.05, 3.63) is 27.8 Å². The number of amidine groups is 1. The zero-order chi connectivity index (χ0) is 10.7.